The third kappa shape index (κ3) is 3.95. The molecule has 2 nitrogen and oxygen atoms in total. The van der Waals surface area contributed by atoms with Crippen molar-refractivity contribution in [3.63, 3.8) is 0 Å². The summed E-state index contributed by atoms with van der Waals surface area (Å²) in [6, 6.07) is 8.06. The van der Waals surface area contributed by atoms with Crippen LogP contribution >= 0.6 is 12.6 Å². The van der Waals surface area contributed by atoms with Crippen molar-refractivity contribution in [1.82, 2.24) is 0 Å². The molecule has 0 aromatic heterocycles. The summed E-state index contributed by atoms with van der Waals surface area (Å²) in [5, 5.41) is 0. The van der Waals surface area contributed by atoms with Crippen molar-refractivity contribution in [3.8, 4) is 5.75 Å². The highest BCUT2D eigenvalue weighted by Crippen LogP contribution is 2.30. The third-order valence-electron chi connectivity index (χ3n) is 4.20. The Morgan fingerprint density at radius 3 is 2.15 bits per heavy atom. The Bertz CT molecular complexity index is 433. The van der Waals surface area contributed by atoms with Gasteiger partial charge in [-0.15, -0.1) is 0 Å². The number of benzene rings is 1. The molecule has 0 N–H and O–H groups in total. The monoisotopic (exact) mass is 291 g/mol. The summed E-state index contributed by atoms with van der Waals surface area (Å²) in [4.78, 5) is 0. The quantitative estimate of drug-likeness (QED) is 0.640. The average molecular weight is 291 g/mol. The molecule has 1 aliphatic rings. The SMILES string of the molecule is CC(C)(S)C(C)(C)O[B]c1ccc(OC2CCC2)cc1. The van der Waals surface area contributed by atoms with Crippen LogP contribution in [0.5, 0.6) is 5.75 Å². The van der Waals surface area contributed by atoms with Gasteiger partial charge in [-0.05, 0) is 59.1 Å². The van der Waals surface area contributed by atoms with Gasteiger partial charge in [0, 0.05) is 4.75 Å². The topological polar surface area (TPSA) is 18.5 Å². The first-order valence-corrected chi connectivity index (χ1v) is 7.73. The first-order valence-electron chi connectivity index (χ1n) is 7.28. The Balaban J connectivity index is 1.87. The summed E-state index contributed by atoms with van der Waals surface area (Å²) < 4.78 is 11.5. The molecule has 1 aliphatic carbocycles. The Kier molecular flexibility index (Phi) is 4.75. The van der Waals surface area contributed by atoms with Crippen LogP contribution in [0.1, 0.15) is 47.0 Å². The zero-order chi connectivity index (χ0) is 14.8. The molecule has 4 heteroatoms. The normalized spacial score (nSPS) is 16.6. The van der Waals surface area contributed by atoms with Crippen LogP contribution in [0.15, 0.2) is 24.3 Å². The number of hydrogen-bond acceptors (Lipinski definition) is 3. The number of ether oxygens (including phenoxy) is 1. The minimum atomic E-state index is -0.336. The lowest BCUT2D eigenvalue weighted by Crippen LogP contribution is -2.45. The standard InChI is InChI=1S/C16H24BO2S/c1-15(2,16(3,4)20)19-17-12-8-10-14(11-9-12)18-13-6-5-7-13/h8-11,13,20H,5-7H2,1-4H3. The lowest BCUT2D eigenvalue weighted by atomic mass is 9.84. The van der Waals surface area contributed by atoms with Crippen LogP contribution in [0.25, 0.3) is 0 Å². The van der Waals surface area contributed by atoms with E-state index in [9.17, 15) is 0 Å². The highest BCUT2D eigenvalue weighted by atomic mass is 32.1. The molecule has 0 bridgehead atoms. The van der Waals surface area contributed by atoms with Gasteiger partial charge < -0.3 is 9.39 Å². The molecule has 0 atom stereocenters. The van der Waals surface area contributed by atoms with Gasteiger partial charge in [0.25, 0.3) is 0 Å². The van der Waals surface area contributed by atoms with Gasteiger partial charge in [0.05, 0.1) is 11.7 Å². The molecule has 1 aromatic carbocycles. The van der Waals surface area contributed by atoms with Gasteiger partial charge in [0.1, 0.15) is 5.75 Å². The van der Waals surface area contributed by atoms with Gasteiger partial charge in [-0.3, -0.25) is 0 Å². The molecule has 109 valence electrons. The zero-order valence-corrected chi connectivity index (χ0v) is 13.7. The van der Waals surface area contributed by atoms with Crippen molar-refractivity contribution in [3.05, 3.63) is 24.3 Å². The minimum Gasteiger partial charge on any atom is -0.490 e. The second-order valence-corrected chi connectivity index (χ2v) is 7.66. The fraction of sp³-hybridized carbons (Fsp3) is 0.625. The maximum atomic E-state index is 5.89. The van der Waals surface area contributed by atoms with Crippen molar-refractivity contribution in [2.45, 2.75) is 63.4 Å². The molecular weight excluding hydrogens is 267 g/mol. The first-order chi connectivity index (χ1) is 9.28. The Morgan fingerprint density at radius 1 is 1.10 bits per heavy atom. The maximum Gasteiger partial charge on any atom is 0.330 e. The fourth-order valence-corrected chi connectivity index (χ4v) is 1.72. The van der Waals surface area contributed by atoms with Crippen molar-refractivity contribution >= 4 is 25.6 Å². The van der Waals surface area contributed by atoms with E-state index in [0.717, 1.165) is 11.2 Å². The molecular formula is C16H24BO2S. The van der Waals surface area contributed by atoms with E-state index < -0.39 is 0 Å². The summed E-state index contributed by atoms with van der Waals surface area (Å²) in [7, 11) is 1.80. The van der Waals surface area contributed by atoms with E-state index in [-0.39, 0.29) is 10.3 Å². The molecule has 2 rings (SSSR count). The van der Waals surface area contributed by atoms with Gasteiger partial charge >= 0.3 is 7.48 Å². The molecule has 0 heterocycles. The molecule has 1 radical (unpaired) electrons. The maximum absolute atomic E-state index is 5.89. The van der Waals surface area contributed by atoms with Crippen molar-refractivity contribution < 1.29 is 9.39 Å². The molecule has 1 fully saturated rings. The fourth-order valence-electron chi connectivity index (χ4n) is 1.67. The summed E-state index contributed by atoms with van der Waals surface area (Å²) in [5.74, 6) is 0.945. The molecule has 0 spiro atoms. The molecule has 1 aromatic rings. The summed E-state index contributed by atoms with van der Waals surface area (Å²) in [6.07, 6.45) is 4.08. The van der Waals surface area contributed by atoms with Crippen LogP contribution in [-0.2, 0) is 4.65 Å². The van der Waals surface area contributed by atoms with Crippen LogP contribution in [-0.4, -0.2) is 23.9 Å². The first kappa shape index (κ1) is 15.8. The largest absolute Gasteiger partial charge is 0.490 e. The van der Waals surface area contributed by atoms with Gasteiger partial charge in [0.2, 0.25) is 0 Å². The minimum absolute atomic E-state index is 0.212. The average Bonchev–Trinajstić information content (AvgIpc) is 2.31. The van der Waals surface area contributed by atoms with E-state index in [1.54, 1.807) is 7.48 Å². The Morgan fingerprint density at radius 2 is 1.70 bits per heavy atom. The van der Waals surface area contributed by atoms with Crippen LogP contribution < -0.4 is 10.2 Å². The van der Waals surface area contributed by atoms with Gasteiger partial charge in [-0.25, -0.2) is 0 Å². The highest BCUT2D eigenvalue weighted by Gasteiger charge is 2.34. The number of rotatable bonds is 6. The van der Waals surface area contributed by atoms with E-state index in [1.807, 2.05) is 38.1 Å². The summed E-state index contributed by atoms with van der Waals surface area (Å²) in [5.41, 5.74) is 0.702. The van der Waals surface area contributed by atoms with Crippen molar-refractivity contribution in [2.75, 3.05) is 0 Å². The summed E-state index contributed by atoms with van der Waals surface area (Å²) in [6.45, 7) is 8.20. The molecule has 20 heavy (non-hydrogen) atoms. The van der Waals surface area contributed by atoms with E-state index in [1.165, 1.54) is 19.3 Å². The predicted molar refractivity (Wildman–Crippen MR) is 88.3 cm³/mol. The van der Waals surface area contributed by atoms with Crippen LogP contribution in [0, 0.1) is 0 Å². The molecule has 0 amide bonds. The highest BCUT2D eigenvalue weighted by molar-refractivity contribution is 7.81. The van der Waals surface area contributed by atoms with Crippen LogP contribution in [0.3, 0.4) is 0 Å². The second-order valence-electron chi connectivity index (χ2n) is 6.54. The van der Waals surface area contributed by atoms with Crippen molar-refractivity contribution in [2.24, 2.45) is 0 Å². The van der Waals surface area contributed by atoms with E-state index in [2.05, 4.69) is 26.5 Å². The lowest BCUT2D eigenvalue weighted by Gasteiger charge is -2.38. The Hall–Kier alpha value is -0.605. The summed E-state index contributed by atoms with van der Waals surface area (Å²) >= 11 is 4.59. The molecule has 1 saturated carbocycles. The molecule has 0 aliphatic heterocycles. The third-order valence-corrected chi connectivity index (χ3v) is 4.74. The second kappa shape index (κ2) is 6.02. The predicted octanol–water partition coefficient (Wildman–Crippen LogP) is 3.37. The lowest BCUT2D eigenvalue weighted by molar-refractivity contribution is 0.0854. The van der Waals surface area contributed by atoms with Gasteiger partial charge in [-0.2, -0.15) is 12.6 Å². The van der Waals surface area contributed by atoms with Crippen molar-refractivity contribution in [1.29, 1.82) is 0 Å². The van der Waals surface area contributed by atoms with E-state index in [0.29, 0.717) is 6.10 Å². The van der Waals surface area contributed by atoms with E-state index in [4.69, 9.17) is 9.39 Å². The zero-order valence-electron chi connectivity index (χ0n) is 12.8. The Labute approximate surface area is 128 Å². The number of hydrogen-bond donors (Lipinski definition) is 1. The van der Waals surface area contributed by atoms with Crippen LogP contribution in [0.4, 0.5) is 0 Å². The smallest absolute Gasteiger partial charge is 0.330 e. The van der Waals surface area contributed by atoms with Gasteiger partial charge in [-0.1, -0.05) is 17.6 Å². The van der Waals surface area contributed by atoms with Gasteiger partial charge in [0.15, 0.2) is 0 Å². The molecule has 0 saturated heterocycles. The molecule has 0 unspecified atom stereocenters. The number of thiol groups is 1. The van der Waals surface area contributed by atoms with E-state index >= 15 is 0 Å². The van der Waals surface area contributed by atoms with Crippen LogP contribution in [0.2, 0.25) is 0 Å².